The zero-order valence-electron chi connectivity index (χ0n) is 14.3. The second-order valence-corrected chi connectivity index (χ2v) is 5.99. The topological polar surface area (TPSA) is 88.9 Å². The van der Waals surface area contributed by atoms with Crippen LogP contribution in [0.2, 0.25) is 5.28 Å². The van der Waals surface area contributed by atoms with Crippen molar-refractivity contribution in [2.45, 2.75) is 0 Å². The number of nitrogens with zero attached hydrogens (tertiary/aromatic N) is 4. The van der Waals surface area contributed by atoms with Crippen LogP contribution in [0.15, 0.2) is 35.6 Å². The molecule has 1 saturated heterocycles. The van der Waals surface area contributed by atoms with E-state index in [-0.39, 0.29) is 23.6 Å². The lowest BCUT2D eigenvalue weighted by Gasteiger charge is -2.25. The van der Waals surface area contributed by atoms with Gasteiger partial charge in [-0.3, -0.25) is 9.69 Å². The van der Waals surface area contributed by atoms with Crippen molar-refractivity contribution in [3.8, 4) is 11.6 Å². The number of aromatic nitrogens is 2. The van der Waals surface area contributed by atoms with Gasteiger partial charge in [-0.25, -0.2) is 10.4 Å². The van der Waals surface area contributed by atoms with Crippen molar-refractivity contribution in [3.05, 3.63) is 47.1 Å². The van der Waals surface area contributed by atoms with Gasteiger partial charge >= 0.3 is 0 Å². The van der Waals surface area contributed by atoms with Crippen LogP contribution in [0.4, 0.5) is 4.39 Å². The second kappa shape index (κ2) is 9.36. The average molecular weight is 394 g/mol. The number of hydrazone groups is 1. The summed E-state index contributed by atoms with van der Waals surface area (Å²) in [6.45, 7) is 2.96. The summed E-state index contributed by atoms with van der Waals surface area (Å²) < 4.78 is 24.3. The van der Waals surface area contributed by atoms with Crippen LogP contribution >= 0.6 is 11.6 Å². The highest BCUT2D eigenvalue weighted by atomic mass is 35.5. The van der Waals surface area contributed by atoms with Crippen molar-refractivity contribution in [3.63, 3.8) is 0 Å². The SMILES string of the molecule is O=C(CN1CCOCC1)N/N=C\c1cccc(Oc2nc(Cl)ncc2F)c1. The molecule has 0 radical (unpaired) electrons. The monoisotopic (exact) mass is 393 g/mol. The number of rotatable bonds is 6. The predicted molar refractivity (Wildman–Crippen MR) is 96.5 cm³/mol. The van der Waals surface area contributed by atoms with Crippen LogP contribution in [0, 0.1) is 5.82 Å². The van der Waals surface area contributed by atoms with E-state index in [0.717, 1.165) is 19.3 Å². The maximum atomic E-state index is 13.6. The molecule has 0 aliphatic carbocycles. The fourth-order valence-corrected chi connectivity index (χ4v) is 2.47. The van der Waals surface area contributed by atoms with Gasteiger partial charge in [-0.1, -0.05) is 12.1 Å². The van der Waals surface area contributed by atoms with Gasteiger partial charge in [-0.05, 0) is 29.3 Å². The van der Waals surface area contributed by atoms with E-state index in [4.69, 9.17) is 21.1 Å². The van der Waals surface area contributed by atoms with Crippen molar-refractivity contribution in [2.75, 3.05) is 32.8 Å². The van der Waals surface area contributed by atoms with Gasteiger partial charge < -0.3 is 9.47 Å². The first-order valence-electron chi connectivity index (χ1n) is 8.18. The Morgan fingerprint density at radius 3 is 3.07 bits per heavy atom. The molecule has 0 atom stereocenters. The predicted octanol–water partition coefficient (Wildman–Crippen LogP) is 1.84. The third kappa shape index (κ3) is 5.95. The highest BCUT2D eigenvalue weighted by molar-refractivity contribution is 6.28. The number of ether oxygens (including phenoxy) is 2. The van der Waals surface area contributed by atoms with E-state index in [0.29, 0.717) is 24.5 Å². The summed E-state index contributed by atoms with van der Waals surface area (Å²) in [7, 11) is 0. The largest absolute Gasteiger partial charge is 0.436 e. The molecular weight excluding hydrogens is 377 g/mol. The third-order valence-electron chi connectivity index (χ3n) is 3.63. The molecule has 8 nitrogen and oxygen atoms in total. The first-order valence-corrected chi connectivity index (χ1v) is 8.56. The molecule has 142 valence electrons. The van der Waals surface area contributed by atoms with E-state index in [2.05, 4.69) is 20.5 Å². The van der Waals surface area contributed by atoms with Crippen molar-refractivity contribution < 1.29 is 18.7 Å². The van der Waals surface area contributed by atoms with Crippen LogP contribution < -0.4 is 10.2 Å². The first kappa shape index (κ1) is 19.2. The molecule has 2 heterocycles. The number of nitrogens with one attached hydrogen (secondary N) is 1. The quantitative estimate of drug-likeness (QED) is 0.457. The lowest BCUT2D eigenvalue weighted by molar-refractivity contribution is -0.123. The van der Waals surface area contributed by atoms with Gasteiger partial charge in [0.25, 0.3) is 11.8 Å². The fraction of sp³-hybridized carbons (Fsp3) is 0.294. The molecule has 0 saturated carbocycles. The summed E-state index contributed by atoms with van der Waals surface area (Å²) in [6.07, 6.45) is 2.40. The zero-order chi connectivity index (χ0) is 19.1. The van der Waals surface area contributed by atoms with Crippen LogP contribution in [-0.4, -0.2) is 59.8 Å². The molecular formula is C17H17ClFN5O3. The highest BCUT2D eigenvalue weighted by Crippen LogP contribution is 2.23. The van der Waals surface area contributed by atoms with E-state index in [1.54, 1.807) is 24.3 Å². The number of morpholine rings is 1. The van der Waals surface area contributed by atoms with Gasteiger partial charge in [-0.15, -0.1) is 0 Å². The Balaban J connectivity index is 1.56. The molecule has 0 spiro atoms. The van der Waals surface area contributed by atoms with E-state index < -0.39 is 5.82 Å². The minimum Gasteiger partial charge on any atom is -0.436 e. The number of hydrogen-bond acceptors (Lipinski definition) is 7. The lowest BCUT2D eigenvalue weighted by Crippen LogP contribution is -2.42. The highest BCUT2D eigenvalue weighted by Gasteiger charge is 2.13. The Morgan fingerprint density at radius 1 is 1.44 bits per heavy atom. The maximum Gasteiger partial charge on any atom is 0.260 e. The summed E-state index contributed by atoms with van der Waals surface area (Å²) in [6, 6.07) is 6.71. The number of halogens is 2. The molecule has 0 bridgehead atoms. The normalized spacial score (nSPS) is 15.0. The van der Waals surface area contributed by atoms with Gasteiger partial charge in [0.15, 0.2) is 0 Å². The van der Waals surface area contributed by atoms with Crippen molar-refractivity contribution >= 4 is 23.7 Å². The number of benzene rings is 1. The van der Waals surface area contributed by atoms with E-state index in [1.165, 1.54) is 6.21 Å². The minimum absolute atomic E-state index is 0.118. The molecule has 1 N–H and O–H groups in total. The standard InChI is InChI=1S/C17H17ClFN5O3/c18-17-20-10-14(19)16(22-17)27-13-3-1-2-12(8-13)9-21-23-15(25)11-24-4-6-26-7-5-24/h1-3,8-10H,4-7,11H2,(H,23,25)/b21-9-. The number of hydrogen-bond donors (Lipinski definition) is 1. The molecule has 10 heteroatoms. The molecule has 0 unspecified atom stereocenters. The third-order valence-corrected chi connectivity index (χ3v) is 3.81. The van der Waals surface area contributed by atoms with Gasteiger partial charge in [0.1, 0.15) is 5.75 Å². The van der Waals surface area contributed by atoms with Gasteiger partial charge in [0.05, 0.1) is 32.2 Å². The summed E-state index contributed by atoms with van der Waals surface area (Å²) in [5, 5.41) is 3.81. The van der Waals surface area contributed by atoms with Gasteiger partial charge in [-0.2, -0.15) is 14.5 Å². The van der Waals surface area contributed by atoms with Crippen molar-refractivity contribution in [2.24, 2.45) is 5.10 Å². The van der Waals surface area contributed by atoms with Gasteiger partial charge in [0, 0.05) is 13.1 Å². The molecule has 1 aliphatic rings. The van der Waals surface area contributed by atoms with Gasteiger partial charge in [0.2, 0.25) is 11.1 Å². The number of amides is 1. The second-order valence-electron chi connectivity index (χ2n) is 5.65. The van der Waals surface area contributed by atoms with Crippen LogP contribution in [0.1, 0.15) is 5.56 Å². The molecule has 1 aromatic carbocycles. The summed E-state index contributed by atoms with van der Waals surface area (Å²) in [5.74, 6) is -0.873. The molecule has 27 heavy (non-hydrogen) atoms. The first-order chi connectivity index (χ1) is 13.1. The number of carbonyl (C=O) groups is 1. The Morgan fingerprint density at radius 2 is 2.26 bits per heavy atom. The summed E-state index contributed by atoms with van der Waals surface area (Å²) in [5.41, 5.74) is 3.13. The van der Waals surface area contributed by atoms with Crippen LogP contribution in [0.25, 0.3) is 0 Å². The molecule has 1 fully saturated rings. The lowest BCUT2D eigenvalue weighted by atomic mass is 10.2. The summed E-state index contributed by atoms with van der Waals surface area (Å²) >= 11 is 5.64. The summed E-state index contributed by atoms with van der Waals surface area (Å²) in [4.78, 5) is 21.1. The average Bonchev–Trinajstić information content (AvgIpc) is 2.66. The zero-order valence-corrected chi connectivity index (χ0v) is 15.0. The van der Waals surface area contributed by atoms with Crippen molar-refractivity contribution in [1.29, 1.82) is 0 Å². The minimum atomic E-state index is -0.728. The van der Waals surface area contributed by atoms with Crippen LogP contribution in [-0.2, 0) is 9.53 Å². The Kier molecular flexibility index (Phi) is 6.64. The van der Waals surface area contributed by atoms with E-state index in [1.807, 2.05) is 4.90 Å². The van der Waals surface area contributed by atoms with Crippen molar-refractivity contribution in [1.82, 2.24) is 20.3 Å². The number of carbonyl (C=O) groups excluding carboxylic acids is 1. The smallest absolute Gasteiger partial charge is 0.260 e. The Hall–Kier alpha value is -2.62. The van der Waals surface area contributed by atoms with Crippen LogP contribution in [0.3, 0.4) is 0 Å². The Labute approximate surface area is 160 Å². The molecule has 1 aromatic heterocycles. The Bertz CT molecular complexity index is 830. The maximum absolute atomic E-state index is 13.6. The fourth-order valence-electron chi connectivity index (χ4n) is 2.35. The van der Waals surface area contributed by atoms with E-state index in [9.17, 15) is 9.18 Å². The molecule has 1 aliphatic heterocycles. The molecule has 2 aromatic rings. The van der Waals surface area contributed by atoms with Crippen LogP contribution in [0.5, 0.6) is 11.6 Å². The van der Waals surface area contributed by atoms with E-state index >= 15 is 0 Å². The molecule has 3 rings (SSSR count). The molecule has 1 amide bonds.